The van der Waals surface area contributed by atoms with Gasteiger partial charge in [0.15, 0.2) is 0 Å². The van der Waals surface area contributed by atoms with Crippen LogP contribution in [0.2, 0.25) is 10.0 Å². The molecule has 0 radical (unpaired) electrons. The molecule has 0 saturated carbocycles. The molecule has 0 bridgehead atoms. The highest BCUT2D eigenvalue weighted by atomic mass is 35.5. The van der Waals surface area contributed by atoms with Crippen molar-refractivity contribution >= 4 is 34.9 Å². The summed E-state index contributed by atoms with van der Waals surface area (Å²) >= 11 is 12.1. The molecule has 0 aliphatic rings. The van der Waals surface area contributed by atoms with Crippen molar-refractivity contribution in [2.45, 2.75) is 13.0 Å². The number of nitriles is 1. The molecule has 27 heavy (non-hydrogen) atoms. The molecular formula is C20H22Cl2N4O. The SMILES string of the molecule is CN(C)CCCN(Cc1ccc(Cl)c(Cl)c1)C(=O)Nc1ccc(C#N)cc1. The summed E-state index contributed by atoms with van der Waals surface area (Å²) in [7, 11) is 4.00. The lowest BCUT2D eigenvalue weighted by atomic mass is 10.2. The Morgan fingerprint density at radius 2 is 1.78 bits per heavy atom. The molecule has 0 aliphatic heterocycles. The summed E-state index contributed by atoms with van der Waals surface area (Å²) in [6.07, 6.45) is 0.842. The first-order valence-electron chi connectivity index (χ1n) is 8.54. The van der Waals surface area contributed by atoms with E-state index in [9.17, 15) is 4.79 Å². The van der Waals surface area contributed by atoms with Crippen LogP contribution >= 0.6 is 23.2 Å². The fourth-order valence-electron chi connectivity index (χ4n) is 2.52. The van der Waals surface area contributed by atoms with Gasteiger partial charge in [0.25, 0.3) is 0 Å². The predicted octanol–water partition coefficient (Wildman–Crippen LogP) is 4.85. The summed E-state index contributed by atoms with van der Waals surface area (Å²) in [5, 5.41) is 12.7. The van der Waals surface area contributed by atoms with Gasteiger partial charge >= 0.3 is 6.03 Å². The number of nitrogens with one attached hydrogen (secondary N) is 1. The van der Waals surface area contributed by atoms with Crippen LogP contribution in [0.5, 0.6) is 0 Å². The normalized spacial score (nSPS) is 10.5. The molecule has 0 spiro atoms. The molecule has 2 aromatic carbocycles. The quantitative estimate of drug-likeness (QED) is 0.716. The van der Waals surface area contributed by atoms with Crippen molar-refractivity contribution in [3.05, 3.63) is 63.6 Å². The van der Waals surface area contributed by atoms with E-state index in [1.165, 1.54) is 0 Å². The van der Waals surface area contributed by atoms with E-state index in [4.69, 9.17) is 28.5 Å². The smallest absolute Gasteiger partial charge is 0.320 e. The number of carbonyl (C=O) groups excluding carboxylic acids is 1. The van der Waals surface area contributed by atoms with Crippen LogP contribution in [0.25, 0.3) is 0 Å². The molecule has 2 amide bonds. The van der Waals surface area contributed by atoms with Gasteiger partial charge < -0.3 is 15.1 Å². The van der Waals surface area contributed by atoms with Gasteiger partial charge in [-0.05, 0) is 69.0 Å². The number of nitrogens with zero attached hydrogens (tertiary/aromatic N) is 3. The van der Waals surface area contributed by atoms with E-state index in [-0.39, 0.29) is 6.03 Å². The molecule has 7 heteroatoms. The predicted molar refractivity (Wildman–Crippen MR) is 110 cm³/mol. The van der Waals surface area contributed by atoms with Gasteiger partial charge in [-0.25, -0.2) is 4.79 Å². The highest BCUT2D eigenvalue weighted by molar-refractivity contribution is 6.42. The average Bonchev–Trinajstić information content (AvgIpc) is 2.64. The maximum absolute atomic E-state index is 12.8. The molecule has 0 heterocycles. The molecule has 0 fully saturated rings. The Morgan fingerprint density at radius 1 is 1.07 bits per heavy atom. The Hall–Kier alpha value is -2.26. The number of benzene rings is 2. The summed E-state index contributed by atoms with van der Waals surface area (Å²) in [6, 6.07) is 14.0. The van der Waals surface area contributed by atoms with Gasteiger partial charge in [-0.2, -0.15) is 5.26 Å². The number of halogens is 2. The van der Waals surface area contributed by atoms with Gasteiger partial charge in [-0.3, -0.25) is 0 Å². The van der Waals surface area contributed by atoms with Gasteiger partial charge in [-0.1, -0.05) is 29.3 Å². The molecule has 0 atom stereocenters. The van der Waals surface area contributed by atoms with Crippen molar-refractivity contribution in [2.75, 3.05) is 32.5 Å². The molecule has 0 aromatic heterocycles. The lowest BCUT2D eigenvalue weighted by molar-refractivity contribution is 0.205. The highest BCUT2D eigenvalue weighted by Gasteiger charge is 2.15. The van der Waals surface area contributed by atoms with Gasteiger partial charge in [0, 0.05) is 18.8 Å². The van der Waals surface area contributed by atoms with Crippen LogP contribution in [0.3, 0.4) is 0 Å². The Morgan fingerprint density at radius 3 is 2.37 bits per heavy atom. The van der Waals surface area contributed by atoms with E-state index >= 15 is 0 Å². The summed E-state index contributed by atoms with van der Waals surface area (Å²) in [5.41, 5.74) is 2.10. The monoisotopic (exact) mass is 404 g/mol. The molecular weight excluding hydrogens is 383 g/mol. The molecule has 0 saturated heterocycles. The molecule has 0 unspecified atom stereocenters. The van der Waals surface area contributed by atoms with Gasteiger partial charge in [-0.15, -0.1) is 0 Å². The topological polar surface area (TPSA) is 59.4 Å². The first-order chi connectivity index (χ1) is 12.9. The minimum absolute atomic E-state index is 0.204. The van der Waals surface area contributed by atoms with Gasteiger partial charge in [0.2, 0.25) is 0 Å². The van der Waals surface area contributed by atoms with Crippen molar-refractivity contribution in [2.24, 2.45) is 0 Å². The third-order valence-corrected chi connectivity index (χ3v) is 4.68. The Labute approximate surface area is 170 Å². The minimum atomic E-state index is -0.204. The number of urea groups is 1. The van der Waals surface area contributed by atoms with Crippen molar-refractivity contribution in [3.63, 3.8) is 0 Å². The maximum Gasteiger partial charge on any atom is 0.322 e. The van der Waals surface area contributed by atoms with Crippen LogP contribution in [-0.4, -0.2) is 43.0 Å². The van der Waals surface area contributed by atoms with E-state index in [0.29, 0.717) is 34.4 Å². The zero-order chi connectivity index (χ0) is 19.8. The summed E-state index contributed by atoms with van der Waals surface area (Å²) < 4.78 is 0. The number of anilines is 1. The number of rotatable bonds is 7. The molecule has 5 nitrogen and oxygen atoms in total. The standard InChI is InChI=1S/C20H22Cl2N4O/c1-25(2)10-3-11-26(14-16-6-9-18(21)19(22)12-16)20(27)24-17-7-4-15(13-23)5-8-17/h4-9,12H,3,10-11,14H2,1-2H3,(H,24,27). The molecule has 142 valence electrons. The first kappa shape index (κ1) is 21.0. The summed E-state index contributed by atoms with van der Waals surface area (Å²) in [4.78, 5) is 16.6. The van der Waals surface area contributed by atoms with E-state index in [1.807, 2.05) is 20.2 Å². The number of hydrogen-bond donors (Lipinski definition) is 1. The molecule has 2 aromatic rings. The number of amides is 2. The van der Waals surface area contributed by atoms with Gasteiger partial charge in [0.1, 0.15) is 0 Å². The third-order valence-electron chi connectivity index (χ3n) is 3.94. The summed E-state index contributed by atoms with van der Waals surface area (Å²) in [6.45, 7) is 1.90. The minimum Gasteiger partial charge on any atom is -0.320 e. The second kappa shape index (κ2) is 10.2. The van der Waals surface area contributed by atoms with Crippen molar-refractivity contribution in [3.8, 4) is 6.07 Å². The van der Waals surface area contributed by atoms with Crippen LogP contribution in [0.1, 0.15) is 17.5 Å². The largest absolute Gasteiger partial charge is 0.322 e. The van der Waals surface area contributed by atoms with Crippen molar-refractivity contribution in [1.29, 1.82) is 5.26 Å². The van der Waals surface area contributed by atoms with Crippen LogP contribution in [0.15, 0.2) is 42.5 Å². The Kier molecular flexibility index (Phi) is 7.93. The number of hydrogen-bond acceptors (Lipinski definition) is 3. The second-order valence-electron chi connectivity index (χ2n) is 6.45. The first-order valence-corrected chi connectivity index (χ1v) is 9.29. The Balaban J connectivity index is 2.10. The van der Waals surface area contributed by atoms with Crippen molar-refractivity contribution in [1.82, 2.24) is 9.80 Å². The lowest BCUT2D eigenvalue weighted by Gasteiger charge is -2.24. The number of carbonyl (C=O) groups is 1. The maximum atomic E-state index is 12.8. The van der Waals surface area contributed by atoms with E-state index in [0.717, 1.165) is 18.5 Å². The van der Waals surface area contributed by atoms with E-state index in [2.05, 4.69) is 16.3 Å². The van der Waals surface area contributed by atoms with Crippen LogP contribution < -0.4 is 5.32 Å². The van der Waals surface area contributed by atoms with E-state index < -0.39 is 0 Å². The molecule has 0 aliphatic carbocycles. The fourth-order valence-corrected chi connectivity index (χ4v) is 2.84. The molecule has 1 N–H and O–H groups in total. The zero-order valence-corrected chi connectivity index (χ0v) is 16.9. The van der Waals surface area contributed by atoms with Crippen LogP contribution in [0, 0.1) is 11.3 Å². The second-order valence-corrected chi connectivity index (χ2v) is 7.26. The van der Waals surface area contributed by atoms with Crippen LogP contribution in [-0.2, 0) is 6.54 Å². The lowest BCUT2D eigenvalue weighted by Crippen LogP contribution is -2.36. The zero-order valence-electron chi connectivity index (χ0n) is 15.4. The third kappa shape index (κ3) is 6.76. The van der Waals surface area contributed by atoms with E-state index in [1.54, 1.807) is 41.3 Å². The summed E-state index contributed by atoms with van der Waals surface area (Å²) in [5.74, 6) is 0. The fraction of sp³-hybridized carbons (Fsp3) is 0.300. The highest BCUT2D eigenvalue weighted by Crippen LogP contribution is 2.23. The van der Waals surface area contributed by atoms with Gasteiger partial charge in [0.05, 0.1) is 21.7 Å². The average molecular weight is 405 g/mol. The molecule has 2 rings (SSSR count). The van der Waals surface area contributed by atoms with Crippen LogP contribution in [0.4, 0.5) is 10.5 Å². The van der Waals surface area contributed by atoms with Crippen molar-refractivity contribution < 1.29 is 4.79 Å². The Bertz CT molecular complexity index is 816.